The van der Waals surface area contributed by atoms with Crippen molar-refractivity contribution in [2.75, 3.05) is 20.6 Å². The van der Waals surface area contributed by atoms with Crippen molar-refractivity contribution in [1.29, 1.82) is 0 Å². The van der Waals surface area contributed by atoms with E-state index in [1.54, 1.807) is 0 Å². The molecule has 0 bridgehead atoms. The third kappa shape index (κ3) is 6.31. The minimum atomic E-state index is -0.339. The summed E-state index contributed by atoms with van der Waals surface area (Å²) < 4.78 is 0. The number of thiocarbonyl (C=S) groups is 1. The molecule has 0 heterocycles. The summed E-state index contributed by atoms with van der Waals surface area (Å²) in [7, 11) is 4.00. The van der Waals surface area contributed by atoms with Crippen molar-refractivity contribution in [3.05, 3.63) is 0 Å². The molecule has 2 unspecified atom stereocenters. The largest absolute Gasteiger partial charge is 0.393 e. The number of nitrogens with zero attached hydrogens (tertiary/aromatic N) is 1. The van der Waals surface area contributed by atoms with Gasteiger partial charge in [0.1, 0.15) is 0 Å². The van der Waals surface area contributed by atoms with E-state index in [1.807, 2.05) is 21.0 Å². The highest BCUT2D eigenvalue weighted by Crippen LogP contribution is 2.10. The van der Waals surface area contributed by atoms with E-state index in [9.17, 15) is 4.79 Å². The first-order valence-corrected chi connectivity index (χ1v) is 6.94. The Kier molecular flexibility index (Phi) is 8.11. The molecule has 0 aliphatic heterocycles. The molecular weight excluding hydrogens is 246 g/mol. The van der Waals surface area contributed by atoms with Crippen molar-refractivity contribution in [1.82, 2.24) is 10.2 Å². The Morgan fingerprint density at radius 3 is 2.28 bits per heavy atom. The second-order valence-corrected chi connectivity index (χ2v) is 5.84. The molecular formula is C13H27N3OS. The number of carbonyl (C=O) groups excluding carboxylic acids is 1. The highest BCUT2D eigenvalue weighted by molar-refractivity contribution is 7.80. The Bertz CT molecular complexity index is 279. The fourth-order valence-corrected chi connectivity index (χ4v) is 2.02. The Morgan fingerprint density at radius 1 is 1.39 bits per heavy atom. The zero-order valence-corrected chi connectivity index (χ0v) is 13.0. The summed E-state index contributed by atoms with van der Waals surface area (Å²) in [5, 5.41) is 3.07. The quantitative estimate of drug-likeness (QED) is 0.656. The predicted octanol–water partition coefficient (Wildman–Crippen LogP) is 1.39. The van der Waals surface area contributed by atoms with Crippen molar-refractivity contribution in [2.45, 2.75) is 39.7 Å². The van der Waals surface area contributed by atoms with E-state index in [0.717, 1.165) is 13.0 Å². The predicted molar refractivity (Wildman–Crippen MR) is 80.5 cm³/mol. The molecule has 0 aromatic rings. The molecule has 0 fully saturated rings. The minimum absolute atomic E-state index is 0.0371. The molecule has 3 N–H and O–H groups in total. The van der Waals surface area contributed by atoms with Gasteiger partial charge in [-0.15, -0.1) is 0 Å². The smallest absolute Gasteiger partial charge is 0.230 e. The van der Waals surface area contributed by atoms with E-state index in [4.69, 9.17) is 18.0 Å². The highest BCUT2D eigenvalue weighted by atomic mass is 32.1. The van der Waals surface area contributed by atoms with Crippen LogP contribution in [0.25, 0.3) is 0 Å². The fraction of sp³-hybridized carbons (Fsp3) is 0.846. The number of carbonyl (C=O) groups is 1. The van der Waals surface area contributed by atoms with Crippen LogP contribution in [0.1, 0.15) is 33.6 Å². The lowest BCUT2D eigenvalue weighted by Gasteiger charge is -2.27. The summed E-state index contributed by atoms with van der Waals surface area (Å²) in [6.07, 6.45) is 1.61. The number of hydrogen-bond donors (Lipinski definition) is 2. The van der Waals surface area contributed by atoms with Crippen LogP contribution in [0.3, 0.4) is 0 Å². The highest BCUT2D eigenvalue weighted by Gasteiger charge is 2.24. The second kappa shape index (κ2) is 8.43. The normalized spacial score (nSPS) is 14.6. The monoisotopic (exact) mass is 273 g/mol. The molecule has 0 radical (unpaired) electrons. The van der Waals surface area contributed by atoms with Gasteiger partial charge < -0.3 is 16.0 Å². The molecule has 0 saturated carbocycles. The van der Waals surface area contributed by atoms with E-state index in [1.165, 1.54) is 0 Å². The molecule has 0 aromatic carbocycles. The molecule has 1 amide bonds. The van der Waals surface area contributed by atoms with Crippen molar-refractivity contribution in [2.24, 2.45) is 17.6 Å². The van der Waals surface area contributed by atoms with E-state index in [2.05, 4.69) is 24.1 Å². The molecule has 0 aliphatic rings. The molecule has 4 nitrogen and oxygen atoms in total. The molecule has 0 aliphatic carbocycles. The summed E-state index contributed by atoms with van der Waals surface area (Å²) in [5.41, 5.74) is 5.64. The minimum Gasteiger partial charge on any atom is -0.393 e. The van der Waals surface area contributed by atoms with Crippen LogP contribution in [0.2, 0.25) is 0 Å². The van der Waals surface area contributed by atoms with Crippen LogP contribution >= 0.6 is 12.2 Å². The van der Waals surface area contributed by atoms with E-state index in [0.29, 0.717) is 17.3 Å². The van der Waals surface area contributed by atoms with Crippen LogP contribution in [0, 0.1) is 11.8 Å². The van der Waals surface area contributed by atoms with E-state index in [-0.39, 0.29) is 17.9 Å². The number of amides is 1. The number of likely N-dealkylation sites (N-methyl/N-ethyl adjacent to an activating group) is 1. The fourth-order valence-electron chi connectivity index (χ4n) is 1.79. The second-order valence-electron chi connectivity index (χ2n) is 5.36. The van der Waals surface area contributed by atoms with Crippen LogP contribution in [0.15, 0.2) is 0 Å². The number of nitrogens with one attached hydrogen (secondary N) is 1. The van der Waals surface area contributed by atoms with Gasteiger partial charge in [-0.05, 0) is 26.4 Å². The van der Waals surface area contributed by atoms with Gasteiger partial charge in [-0.1, -0.05) is 39.4 Å². The van der Waals surface area contributed by atoms with Gasteiger partial charge in [0, 0.05) is 12.6 Å². The third-order valence-corrected chi connectivity index (χ3v) is 3.22. The summed E-state index contributed by atoms with van der Waals surface area (Å²) in [6, 6.07) is 0.126. The molecule has 0 aromatic heterocycles. The first-order chi connectivity index (χ1) is 8.29. The standard InChI is InChI=1S/C13H27N3OS/c1-6-7-10(12(14)18)13(17)15-11(9(2)3)8-16(4)5/h9-11H,6-8H2,1-5H3,(H2,14,18)(H,15,17). The Balaban J connectivity index is 4.60. The average Bonchev–Trinajstić information content (AvgIpc) is 2.23. The van der Waals surface area contributed by atoms with Crippen molar-refractivity contribution in [3.8, 4) is 0 Å². The van der Waals surface area contributed by atoms with Crippen LogP contribution in [-0.4, -0.2) is 42.5 Å². The molecule has 0 rings (SSSR count). The molecule has 5 heteroatoms. The summed E-state index contributed by atoms with van der Waals surface area (Å²) in [5.74, 6) is 0.00304. The van der Waals surface area contributed by atoms with Gasteiger partial charge in [0.2, 0.25) is 5.91 Å². The first-order valence-electron chi connectivity index (χ1n) is 6.54. The number of nitrogens with two attached hydrogens (primary N) is 1. The van der Waals surface area contributed by atoms with Gasteiger partial charge in [0.25, 0.3) is 0 Å². The molecule has 106 valence electrons. The summed E-state index contributed by atoms with van der Waals surface area (Å²) >= 11 is 4.97. The van der Waals surface area contributed by atoms with Crippen LogP contribution in [-0.2, 0) is 4.79 Å². The maximum absolute atomic E-state index is 12.2. The van der Waals surface area contributed by atoms with E-state index < -0.39 is 0 Å². The SMILES string of the molecule is CCCC(C(=O)NC(CN(C)C)C(C)C)C(N)=S. The molecule has 2 atom stereocenters. The maximum atomic E-state index is 12.2. The van der Waals surface area contributed by atoms with Gasteiger partial charge >= 0.3 is 0 Å². The van der Waals surface area contributed by atoms with Crippen molar-refractivity contribution < 1.29 is 4.79 Å². The van der Waals surface area contributed by atoms with Crippen LogP contribution in [0.4, 0.5) is 0 Å². The van der Waals surface area contributed by atoms with Gasteiger partial charge in [-0.2, -0.15) is 0 Å². The van der Waals surface area contributed by atoms with Crippen LogP contribution in [0.5, 0.6) is 0 Å². The number of rotatable bonds is 8. The number of hydrogen-bond acceptors (Lipinski definition) is 3. The van der Waals surface area contributed by atoms with Gasteiger partial charge in [-0.3, -0.25) is 4.79 Å². The Morgan fingerprint density at radius 2 is 1.94 bits per heavy atom. The van der Waals surface area contributed by atoms with Crippen molar-refractivity contribution in [3.63, 3.8) is 0 Å². The van der Waals surface area contributed by atoms with Gasteiger partial charge in [0.05, 0.1) is 10.9 Å². The van der Waals surface area contributed by atoms with Crippen molar-refractivity contribution >= 4 is 23.1 Å². The lowest BCUT2D eigenvalue weighted by molar-refractivity contribution is -0.124. The molecule has 0 saturated heterocycles. The zero-order valence-electron chi connectivity index (χ0n) is 12.2. The topological polar surface area (TPSA) is 58.4 Å². The summed E-state index contributed by atoms with van der Waals surface area (Å²) in [6.45, 7) is 7.05. The van der Waals surface area contributed by atoms with Gasteiger partial charge in [0.15, 0.2) is 0 Å². The third-order valence-electron chi connectivity index (χ3n) is 2.93. The first kappa shape index (κ1) is 17.3. The van der Waals surface area contributed by atoms with E-state index >= 15 is 0 Å². The Labute approximate surface area is 116 Å². The lowest BCUT2D eigenvalue weighted by Crippen LogP contribution is -2.49. The summed E-state index contributed by atoms with van der Waals surface area (Å²) in [4.78, 5) is 14.5. The average molecular weight is 273 g/mol. The van der Waals surface area contributed by atoms with Gasteiger partial charge in [-0.25, -0.2) is 0 Å². The lowest BCUT2D eigenvalue weighted by atomic mass is 9.99. The zero-order chi connectivity index (χ0) is 14.3. The maximum Gasteiger partial charge on any atom is 0.230 e. The molecule has 18 heavy (non-hydrogen) atoms. The Hall–Kier alpha value is -0.680. The van der Waals surface area contributed by atoms with Crippen LogP contribution < -0.4 is 11.1 Å². The molecule has 0 spiro atoms.